The molecule has 216 valence electrons. The zero-order valence-corrected chi connectivity index (χ0v) is 25.7. The van der Waals surface area contributed by atoms with E-state index in [9.17, 15) is 13.2 Å². The largest absolute Gasteiger partial charge is 0.329 e. The van der Waals surface area contributed by atoms with Gasteiger partial charge in [-0.3, -0.25) is 9.10 Å². The summed E-state index contributed by atoms with van der Waals surface area (Å²) in [7, 11) is -3.63. The van der Waals surface area contributed by atoms with Crippen LogP contribution in [0.15, 0.2) is 91.5 Å². The van der Waals surface area contributed by atoms with Crippen molar-refractivity contribution in [2.75, 3.05) is 17.1 Å². The van der Waals surface area contributed by atoms with Gasteiger partial charge in [-0.1, -0.05) is 78.7 Å². The van der Waals surface area contributed by atoms with E-state index in [4.69, 9.17) is 23.2 Å². The molecule has 5 rings (SSSR count). The number of nitrogens with zero attached hydrogens (tertiary/aromatic N) is 2. The number of allylic oxidation sites excluding steroid dienone is 1. The molecule has 4 atom stereocenters. The molecular weight excluding hydrogens is 575 g/mol. The summed E-state index contributed by atoms with van der Waals surface area (Å²) in [6.07, 6.45) is 6.04. The van der Waals surface area contributed by atoms with Crippen LogP contribution in [0.2, 0.25) is 10.0 Å². The Hall–Kier alpha value is -2.80. The SMILES string of the molecule is C=CC[C@@]1(C)CC(c2cccc(Cl)c2)[C@@H](c2ccc(Cl)cc2)N([C@H](CN(c2ccccc2)S(C)(=O)=O)C2CC2)C1=O. The maximum absolute atomic E-state index is 14.7. The van der Waals surface area contributed by atoms with Gasteiger partial charge in [-0.2, -0.15) is 0 Å². The van der Waals surface area contributed by atoms with E-state index in [-0.39, 0.29) is 36.4 Å². The first-order valence-electron chi connectivity index (χ1n) is 14.0. The predicted octanol–water partition coefficient (Wildman–Crippen LogP) is 7.88. The molecule has 1 aliphatic heterocycles. The Labute approximate surface area is 253 Å². The lowest BCUT2D eigenvalue weighted by molar-refractivity contribution is -0.154. The number of para-hydroxylation sites is 1. The van der Waals surface area contributed by atoms with Gasteiger partial charge in [-0.15, -0.1) is 6.58 Å². The Morgan fingerprint density at radius 1 is 1.00 bits per heavy atom. The van der Waals surface area contributed by atoms with E-state index in [1.54, 1.807) is 12.1 Å². The molecule has 1 saturated heterocycles. The van der Waals surface area contributed by atoms with Crippen molar-refractivity contribution in [3.63, 3.8) is 0 Å². The molecule has 1 aliphatic carbocycles. The highest BCUT2D eigenvalue weighted by atomic mass is 35.5. The molecular formula is C33H36Cl2N2O3S. The van der Waals surface area contributed by atoms with Crippen LogP contribution in [0.25, 0.3) is 0 Å². The van der Waals surface area contributed by atoms with E-state index in [0.717, 1.165) is 24.0 Å². The fourth-order valence-electron chi connectivity index (χ4n) is 6.39. The maximum atomic E-state index is 14.7. The van der Waals surface area contributed by atoms with Gasteiger partial charge in [0.1, 0.15) is 0 Å². The third-order valence-electron chi connectivity index (χ3n) is 8.51. The second-order valence-corrected chi connectivity index (χ2v) is 14.4. The molecule has 41 heavy (non-hydrogen) atoms. The summed E-state index contributed by atoms with van der Waals surface area (Å²) < 4.78 is 27.8. The number of hydrogen-bond donors (Lipinski definition) is 0. The molecule has 0 bridgehead atoms. The van der Waals surface area contributed by atoms with Gasteiger partial charge in [-0.25, -0.2) is 8.42 Å². The zero-order valence-electron chi connectivity index (χ0n) is 23.4. The van der Waals surface area contributed by atoms with E-state index in [1.165, 1.54) is 10.6 Å². The van der Waals surface area contributed by atoms with Crippen molar-refractivity contribution >= 4 is 44.8 Å². The minimum Gasteiger partial charge on any atom is -0.329 e. The number of amides is 1. The molecule has 2 aliphatic rings. The Morgan fingerprint density at radius 2 is 1.68 bits per heavy atom. The minimum atomic E-state index is -3.63. The lowest BCUT2D eigenvalue weighted by Gasteiger charge is -2.52. The van der Waals surface area contributed by atoms with Crippen LogP contribution in [0, 0.1) is 11.3 Å². The number of carbonyl (C=O) groups is 1. The van der Waals surface area contributed by atoms with Crippen molar-refractivity contribution in [1.29, 1.82) is 0 Å². The van der Waals surface area contributed by atoms with Crippen LogP contribution >= 0.6 is 23.2 Å². The zero-order chi connectivity index (χ0) is 29.4. The Balaban J connectivity index is 1.69. The number of hydrogen-bond acceptors (Lipinski definition) is 3. The van der Waals surface area contributed by atoms with Crippen molar-refractivity contribution in [3.8, 4) is 0 Å². The second-order valence-electron chi connectivity index (χ2n) is 11.7. The van der Waals surface area contributed by atoms with Gasteiger partial charge in [0.25, 0.3) is 0 Å². The topological polar surface area (TPSA) is 57.7 Å². The van der Waals surface area contributed by atoms with Crippen LogP contribution in [0.3, 0.4) is 0 Å². The number of rotatable bonds is 10. The van der Waals surface area contributed by atoms with Crippen molar-refractivity contribution in [3.05, 3.63) is 113 Å². The lowest BCUT2D eigenvalue weighted by Crippen LogP contribution is -2.59. The first-order chi connectivity index (χ1) is 19.5. The number of sulfonamides is 1. The third kappa shape index (κ3) is 6.35. The lowest BCUT2D eigenvalue weighted by atomic mass is 9.67. The smallest absolute Gasteiger partial charge is 0.232 e. The average molecular weight is 612 g/mol. The molecule has 0 radical (unpaired) electrons. The van der Waals surface area contributed by atoms with Gasteiger partial charge in [0, 0.05) is 16.0 Å². The Morgan fingerprint density at radius 3 is 2.27 bits per heavy atom. The van der Waals surface area contributed by atoms with Gasteiger partial charge < -0.3 is 4.90 Å². The Kier molecular flexibility index (Phi) is 8.56. The summed E-state index contributed by atoms with van der Waals surface area (Å²) in [6.45, 7) is 6.16. The monoisotopic (exact) mass is 610 g/mol. The summed E-state index contributed by atoms with van der Waals surface area (Å²) in [6, 6.07) is 24.0. The van der Waals surface area contributed by atoms with Crippen LogP contribution < -0.4 is 4.31 Å². The van der Waals surface area contributed by atoms with Crippen LogP contribution in [0.4, 0.5) is 5.69 Å². The van der Waals surface area contributed by atoms with E-state index in [1.807, 2.05) is 78.6 Å². The molecule has 5 nitrogen and oxygen atoms in total. The van der Waals surface area contributed by atoms with Gasteiger partial charge >= 0.3 is 0 Å². The van der Waals surface area contributed by atoms with E-state index < -0.39 is 15.4 Å². The maximum Gasteiger partial charge on any atom is 0.232 e. The summed E-state index contributed by atoms with van der Waals surface area (Å²) in [5.41, 5.74) is 1.88. The fourth-order valence-corrected chi connectivity index (χ4v) is 7.65. The highest BCUT2D eigenvalue weighted by Gasteiger charge is 2.54. The highest BCUT2D eigenvalue weighted by molar-refractivity contribution is 7.92. The number of anilines is 1. The van der Waals surface area contributed by atoms with Crippen LogP contribution in [-0.4, -0.2) is 38.1 Å². The van der Waals surface area contributed by atoms with Gasteiger partial charge in [-0.05, 0) is 79.1 Å². The van der Waals surface area contributed by atoms with Crippen molar-refractivity contribution in [2.45, 2.75) is 50.6 Å². The van der Waals surface area contributed by atoms with Crippen LogP contribution in [0.5, 0.6) is 0 Å². The number of benzene rings is 3. The third-order valence-corrected chi connectivity index (χ3v) is 10.2. The minimum absolute atomic E-state index is 0.0223. The standard InChI is InChI=1S/C33H36Cl2N2O3S/c1-4-19-33(2)21-29(25-9-8-10-27(35)20-25)31(24-15-17-26(34)18-16-24)37(32(33)38)30(23-13-14-23)22-36(41(3,39)40)28-11-6-5-7-12-28/h4-12,15-18,20,23,29-31H,1,13-14,19,21-22H2,2-3H3/t29?,30-,31-,33+/m1/s1. The predicted molar refractivity (Wildman–Crippen MR) is 168 cm³/mol. The van der Waals surface area contributed by atoms with Crippen molar-refractivity contribution < 1.29 is 13.2 Å². The van der Waals surface area contributed by atoms with E-state index in [2.05, 4.69) is 12.6 Å². The normalized spacial score (nSPS) is 23.7. The van der Waals surface area contributed by atoms with E-state index in [0.29, 0.717) is 28.6 Å². The molecule has 3 aromatic carbocycles. The molecule has 1 saturated carbocycles. The fraction of sp³-hybridized carbons (Fsp3) is 0.364. The summed E-state index contributed by atoms with van der Waals surface area (Å²) in [5.74, 6) is 0.129. The molecule has 2 fully saturated rings. The first kappa shape index (κ1) is 29.7. The molecule has 0 aromatic heterocycles. The molecule has 1 unspecified atom stereocenters. The average Bonchev–Trinajstić information content (AvgIpc) is 3.77. The number of likely N-dealkylation sites (tertiary alicyclic amines) is 1. The Bertz CT molecular complexity index is 1510. The van der Waals surface area contributed by atoms with Crippen LogP contribution in [-0.2, 0) is 14.8 Å². The quantitative estimate of drug-likeness (QED) is 0.219. The molecule has 1 heterocycles. The van der Waals surface area contributed by atoms with E-state index >= 15 is 0 Å². The number of halogens is 2. The number of piperidine rings is 1. The molecule has 0 spiro atoms. The summed E-state index contributed by atoms with van der Waals surface area (Å²) in [4.78, 5) is 16.7. The number of carbonyl (C=O) groups excluding carboxylic acids is 1. The molecule has 3 aromatic rings. The highest BCUT2D eigenvalue weighted by Crippen LogP contribution is 2.54. The molecule has 0 N–H and O–H groups in total. The molecule has 1 amide bonds. The van der Waals surface area contributed by atoms with Gasteiger partial charge in [0.2, 0.25) is 15.9 Å². The van der Waals surface area contributed by atoms with Gasteiger partial charge in [0.15, 0.2) is 0 Å². The van der Waals surface area contributed by atoms with Crippen molar-refractivity contribution in [1.82, 2.24) is 4.90 Å². The first-order valence-corrected chi connectivity index (χ1v) is 16.6. The second kappa shape index (κ2) is 11.8. The van der Waals surface area contributed by atoms with Crippen LogP contribution in [0.1, 0.15) is 55.7 Å². The van der Waals surface area contributed by atoms with Gasteiger partial charge in [0.05, 0.1) is 36.0 Å². The molecule has 8 heteroatoms. The van der Waals surface area contributed by atoms with Crippen molar-refractivity contribution in [2.24, 2.45) is 11.3 Å². The summed E-state index contributed by atoms with van der Waals surface area (Å²) in [5, 5.41) is 1.25. The summed E-state index contributed by atoms with van der Waals surface area (Å²) >= 11 is 12.8.